The third-order valence-corrected chi connectivity index (χ3v) is 4.84. The average Bonchev–Trinajstić information content (AvgIpc) is 3.11. The van der Waals surface area contributed by atoms with Crippen LogP contribution in [0.25, 0.3) is 22.2 Å². The molecular weight excluding hydrogens is 348 g/mol. The highest BCUT2D eigenvalue weighted by Gasteiger charge is 2.14. The number of carbonyl (C=O) groups is 1. The lowest BCUT2D eigenvalue weighted by molar-refractivity contribution is 0.0952. The molecule has 0 saturated carbocycles. The van der Waals surface area contributed by atoms with Crippen LogP contribution in [0.2, 0.25) is 0 Å². The van der Waals surface area contributed by atoms with Crippen LogP contribution in [0.1, 0.15) is 28.5 Å². The number of benzene rings is 2. The van der Waals surface area contributed by atoms with Crippen molar-refractivity contribution >= 4 is 16.8 Å². The van der Waals surface area contributed by atoms with Gasteiger partial charge in [-0.1, -0.05) is 48.5 Å². The maximum Gasteiger partial charge on any atom is 0.252 e. The standard InChI is InChI=1S/C23H22N4O/c1-3-27-15-18(16(2)26-27)14-24-23(28)20-13-22(17-9-5-4-6-10-17)25-21-12-8-7-11-19(20)21/h4-13,15H,3,14H2,1-2H3,(H,24,28). The van der Waals surface area contributed by atoms with Crippen molar-refractivity contribution in [2.75, 3.05) is 0 Å². The van der Waals surface area contributed by atoms with Crippen LogP contribution in [0.15, 0.2) is 66.9 Å². The number of para-hydroxylation sites is 1. The molecule has 5 heteroatoms. The van der Waals surface area contributed by atoms with Gasteiger partial charge in [0.15, 0.2) is 0 Å². The van der Waals surface area contributed by atoms with E-state index in [-0.39, 0.29) is 5.91 Å². The molecule has 4 rings (SSSR count). The normalized spacial score (nSPS) is 10.9. The molecule has 0 unspecified atom stereocenters. The van der Waals surface area contributed by atoms with Gasteiger partial charge in [-0.25, -0.2) is 4.98 Å². The first-order valence-electron chi connectivity index (χ1n) is 9.42. The predicted molar refractivity (Wildman–Crippen MR) is 111 cm³/mol. The number of pyridine rings is 1. The first-order chi connectivity index (χ1) is 13.7. The van der Waals surface area contributed by atoms with Crippen LogP contribution in [0.4, 0.5) is 0 Å². The summed E-state index contributed by atoms with van der Waals surface area (Å²) in [5.74, 6) is -0.112. The number of fused-ring (bicyclic) bond motifs is 1. The zero-order valence-electron chi connectivity index (χ0n) is 16.0. The monoisotopic (exact) mass is 370 g/mol. The van der Waals surface area contributed by atoms with Crippen molar-refractivity contribution < 1.29 is 4.79 Å². The number of nitrogens with zero attached hydrogens (tertiary/aromatic N) is 3. The van der Waals surface area contributed by atoms with Crippen molar-refractivity contribution in [3.8, 4) is 11.3 Å². The lowest BCUT2D eigenvalue weighted by atomic mass is 10.0. The fourth-order valence-corrected chi connectivity index (χ4v) is 3.29. The predicted octanol–water partition coefficient (Wildman–Crippen LogP) is 4.36. The van der Waals surface area contributed by atoms with Gasteiger partial charge in [-0.3, -0.25) is 9.48 Å². The number of aryl methyl sites for hydroxylation is 2. The maximum atomic E-state index is 13.0. The van der Waals surface area contributed by atoms with E-state index in [9.17, 15) is 4.79 Å². The minimum absolute atomic E-state index is 0.112. The van der Waals surface area contributed by atoms with Crippen LogP contribution in [0.3, 0.4) is 0 Å². The molecule has 1 N–H and O–H groups in total. The number of aromatic nitrogens is 3. The van der Waals surface area contributed by atoms with Crippen LogP contribution in [-0.2, 0) is 13.1 Å². The summed E-state index contributed by atoms with van der Waals surface area (Å²) < 4.78 is 1.88. The molecule has 0 saturated heterocycles. The second kappa shape index (κ2) is 7.64. The SMILES string of the molecule is CCn1cc(CNC(=O)c2cc(-c3ccccc3)nc3ccccc23)c(C)n1. The third kappa shape index (κ3) is 3.51. The Balaban J connectivity index is 1.68. The molecule has 0 atom stereocenters. The minimum atomic E-state index is -0.112. The number of hydrogen-bond donors (Lipinski definition) is 1. The number of nitrogens with one attached hydrogen (secondary N) is 1. The van der Waals surface area contributed by atoms with Crippen LogP contribution in [-0.4, -0.2) is 20.7 Å². The van der Waals surface area contributed by atoms with Crippen LogP contribution < -0.4 is 5.32 Å². The van der Waals surface area contributed by atoms with Crippen LogP contribution in [0.5, 0.6) is 0 Å². The smallest absolute Gasteiger partial charge is 0.252 e. The Morgan fingerprint density at radius 3 is 2.57 bits per heavy atom. The molecular formula is C23H22N4O. The van der Waals surface area contributed by atoms with Crippen molar-refractivity contribution in [3.63, 3.8) is 0 Å². The molecule has 0 fully saturated rings. The Morgan fingerprint density at radius 2 is 1.82 bits per heavy atom. The molecule has 2 aromatic heterocycles. The van der Waals surface area contributed by atoms with E-state index < -0.39 is 0 Å². The van der Waals surface area contributed by atoms with Gasteiger partial charge in [0.25, 0.3) is 5.91 Å². The van der Waals surface area contributed by atoms with E-state index in [0.29, 0.717) is 12.1 Å². The zero-order chi connectivity index (χ0) is 19.5. The summed E-state index contributed by atoms with van der Waals surface area (Å²) in [7, 11) is 0. The van der Waals surface area contributed by atoms with Crippen molar-refractivity contribution in [2.45, 2.75) is 26.9 Å². The van der Waals surface area contributed by atoms with Gasteiger partial charge in [0.05, 0.1) is 22.5 Å². The van der Waals surface area contributed by atoms with E-state index in [2.05, 4.69) is 10.4 Å². The molecule has 0 aliphatic heterocycles. The molecule has 2 heterocycles. The molecule has 1 amide bonds. The molecule has 0 aliphatic carbocycles. The largest absolute Gasteiger partial charge is 0.348 e. The van der Waals surface area contributed by atoms with Gasteiger partial charge in [-0.2, -0.15) is 5.10 Å². The molecule has 2 aromatic carbocycles. The summed E-state index contributed by atoms with van der Waals surface area (Å²) in [5, 5.41) is 8.33. The Hall–Kier alpha value is -3.47. The highest BCUT2D eigenvalue weighted by atomic mass is 16.1. The molecule has 0 bridgehead atoms. The fraction of sp³-hybridized carbons (Fsp3) is 0.174. The lowest BCUT2D eigenvalue weighted by Crippen LogP contribution is -2.23. The van der Waals surface area contributed by atoms with Gasteiger partial charge in [0.1, 0.15) is 0 Å². The van der Waals surface area contributed by atoms with Crippen molar-refractivity contribution in [3.05, 3.63) is 83.7 Å². The van der Waals surface area contributed by atoms with E-state index in [1.54, 1.807) is 0 Å². The molecule has 4 aromatic rings. The lowest BCUT2D eigenvalue weighted by Gasteiger charge is -2.10. The summed E-state index contributed by atoms with van der Waals surface area (Å²) >= 11 is 0. The van der Waals surface area contributed by atoms with E-state index in [0.717, 1.165) is 40.0 Å². The summed E-state index contributed by atoms with van der Waals surface area (Å²) in [6, 6.07) is 19.5. The number of rotatable bonds is 5. The Morgan fingerprint density at radius 1 is 1.07 bits per heavy atom. The Bertz CT molecular complexity index is 1130. The molecule has 0 aliphatic rings. The molecule has 0 spiro atoms. The van der Waals surface area contributed by atoms with Gasteiger partial charge in [-0.05, 0) is 26.0 Å². The number of carbonyl (C=O) groups excluding carboxylic acids is 1. The minimum Gasteiger partial charge on any atom is -0.348 e. The van der Waals surface area contributed by atoms with Crippen LogP contribution in [0, 0.1) is 6.92 Å². The topological polar surface area (TPSA) is 59.8 Å². The maximum absolute atomic E-state index is 13.0. The van der Waals surface area contributed by atoms with Gasteiger partial charge in [-0.15, -0.1) is 0 Å². The molecule has 0 radical (unpaired) electrons. The molecule has 28 heavy (non-hydrogen) atoms. The van der Waals surface area contributed by atoms with E-state index >= 15 is 0 Å². The Kier molecular flexibility index (Phi) is 4.89. The summed E-state index contributed by atoms with van der Waals surface area (Å²) in [5.41, 5.74) is 5.18. The average molecular weight is 370 g/mol. The highest BCUT2D eigenvalue weighted by molar-refractivity contribution is 6.07. The van der Waals surface area contributed by atoms with Crippen LogP contribution >= 0.6 is 0 Å². The number of amides is 1. The quantitative estimate of drug-likeness (QED) is 0.568. The van der Waals surface area contributed by atoms with Gasteiger partial charge < -0.3 is 5.32 Å². The number of hydrogen-bond acceptors (Lipinski definition) is 3. The molecule has 140 valence electrons. The Labute approximate surface area is 164 Å². The second-order valence-corrected chi connectivity index (χ2v) is 6.72. The third-order valence-electron chi connectivity index (χ3n) is 4.84. The van der Waals surface area contributed by atoms with E-state index in [1.165, 1.54) is 0 Å². The van der Waals surface area contributed by atoms with Crippen molar-refractivity contribution in [2.24, 2.45) is 0 Å². The van der Waals surface area contributed by atoms with Gasteiger partial charge in [0.2, 0.25) is 0 Å². The highest BCUT2D eigenvalue weighted by Crippen LogP contribution is 2.24. The summed E-state index contributed by atoms with van der Waals surface area (Å²) in [4.78, 5) is 17.8. The molecule has 5 nitrogen and oxygen atoms in total. The van der Waals surface area contributed by atoms with Gasteiger partial charge >= 0.3 is 0 Å². The van der Waals surface area contributed by atoms with Crippen molar-refractivity contribution in [1.29, 1.82) is 0 Å². The zero-order valence-corrected chi connectivity index (χ0v) is 16.0. The van der Waals surface area contributed by atoms with E-state index in [4.69, 9.17) is 4.98 Å². The van der Waals surface area contributed by atoms with Crippen molar-refractivity contribution in [1.82, 2.24) is 20.1 Å². The fourth-order valence-electron chi connectivity index (χ4n) is 3.29. The first kappa shape index (κ1) is 17.9. The van der Waals surface area contributed by atoms with E-state index in [1.807, 2.05) is 85.4 Å². The first-order valence-corrected chi connectivity index (χ1v) is 9.42. The van der Waals surface area contributed by atoms with Gasteiger partial charge in [0, 0.05) is 35.8 Å². The summed E-state index contributed by atoms with van der Waals surface area (Å²) in [6.45, 7) is 5.26. The summed E-state index contributed by atoms with van der Waals surface area (Å²) in [6.07, 6.45) is 1.98. The second-order valence-electron chi connectivity index (χ2n) is 6.72.